The molecule has 0 saturated carbocycles. The van der Waals surface area contributed by atoms with Crippen LogP contribution >= 0.6 is 15.9 Å². The van der Waals surface area contributed by atoms with Crippen LogP contribution in [0.3, 0.4) is 0 Å². The minimum absolute atomic E-state index is 0.706. The van der Waals surface area contributed by atoms with E-state index >= 15 is 0 Å². The number of aromatic nitrogens is 1. The van der Waals surface area contributed by atoms with Gasteiger partial charge in [-0.05, 0) is 37.3 Å². The molecule has 0 fully saturated rings. The first-order valence-electron chi connectivity index (χ1n) is 6.32. The number of hydrogen-bond acceptors (Lipinski definition) is 3. The second-order valence-corrected chi connectivity index (χ2v) is 5.60. The molecule has 1 aromatic heterocycles. The molecule has 100 valence electrons. The lowest BCUT2D eigenvalue weighted by atomic mass is 10.1. The lowest BCUT2D eigenvalue weighted by molar-refractivity contribution is 1.25. The molecular formula is C16H14BrN3. The SMILES string of the molecule is Cc1ccc2cccc(Nc3cc(Br)ccc3N)c2n1. The number of nitrogens with zero attached hydrogens (tertiary/aromatic N) is 1. The third-order valence-electron chi connectivity index (χ3n) is 3.14. The van der Waals surface area contributed by atoms with Crippen molar-refractivity contribution in [3.05, 3.63) is 58.7 Å². The van der Waals surface area contributed by atoms with Crippen LogP contribution in [0.1, 0.15) is 5.69 Å². The number of halogens is 1. The predicted octanol–water partition coefficient (Wildman–Crippen LogP) is 4.63. The smallest absolute Gasteiger partial charge is 0.0939 e. The van der Waals surface area contributed by atoms with Crippen molar-refractivity contribution in [1.29, 1.82) is 0 Å². The Morgan fingerprint density at radius 3 is 2.75 bits per heavy atom. The summed E-state index contributed by atoms with van der Waals surface area (Å²) in [6.45, 7) is 1.99. The van der Waals surface area contributed by atoms with E-state index in [1.165, 1.54) is 0 Å². The quantitative estimate of drug-likeness (QED) is 0.674. The normalized spacial score (nSPS) is 10.7. The van der Waals surface area contributed by atoms with Gasteiger partial charge in [0, 0.05) is 15.6 Å². The van der Waals surface area contributed by atoms with Crippen LogP contribution < -0.4 is 11.1 Å². The number of nitrogen functional groups attached to an aromatic ring is 1. The molecule has 0 saturated heterocycles. The summed E-state index contributed by atoms with van der Waals surface area (Å²) in [7, 11) is 0. The van der Waals surface area contributed by atoms with E-state index in [1.807, 2.05) is 43.3 Å². The highest BCUT2D eigenvalue weighted by Gasteiger charge is 2.05. The highest BCUT2D eigenvalue weighted by Crippen LogP contribution is 2.30. The standard InChI is InChI=1S/C16H14BrN3/c1-10-5-6-11-3-2-4-14(16(11)19-10)20-15-9-12(17)7-8-13(15)18/h2-9,20H,18H2,1H3. The molecule has 0 bridgehead atoms. The van der Waals surface area contributed by atoms with Crippen molar-refractivity contribution in [3.8, 4) is 0 Å². The van der Waals surface area contributed by atoms with E-state index in [0.29, 0.717) is 5.69 Å². The Balaban J connectivity index is 2.10. The summed E-state index contributed by atoms with van der Waals surface area (Å²) in [5.41, 5.74) is 10.5. The summed E-state index contributed by atoms with van der Waals surface area (Å²) in [5.74, 6) is 0. The van der Waals surface area contributed by atoms with Crippen molar-refractivity contribution >= 4 is 43.9 Å². The Kier molecular flexibility index (Phi) is 3.32. The van der Waals surface area contributed by atoms with Crippen LogP contribution in [0.5, 0.6) is 0 Å². The van der Waals surface area contributed by atoms with Gasteiger partial charge in [0.1, 0.15) is 0 Å². The van der Waals surface area contributed by atoms with Gasteiger partial charge < -0.3 is 11.1 Å². The second kappa shape index (κ2) is 5.13. The van der Waals surface area contributed by atoms with Crippen molar-refractivity contribution in [1.82, 2.24) is 4.98 Å². The lowest BCUT2D eigenvalue weighted by Crippen LogP contribution is -1.98. The number of nitrogens with two attached hydrogens (primary N) is 1. The van der Waals surface area contributed by atoms with Gasteiger partial charge in [-0.3, -0.25) is 4.98 Å². The van der Waals surface area contributed by atoms with Gasteiger partial charge in [0.15, 0.2) is 0 Å². The van der Waals surface area contributed by atoms with Crippen LogP contribution in [0.25, 0.3) is 10.9 Å². The molecule has 0 aliphatic rings. The van der Waals surface area contributed by atoms with Crippen LogP contribution in [0, 0.1) is 6.92 Å². The van der Waals surface area contributed by atoms with Crippen LogP contribution in [0.2, 0.25) is 0 Å². The molecule has 1 heterocycles. The van der Waals surface area contributed by atoms with E-state index in [0.717, 1.165) is 32.4 Å². The lowest BCUT2D eigenvalue weighted by Gasteiger charge is -2.12. The first-order valence-corrected chi connectivity index (χ1v) is 7.11. The van der Waals surface area contributed by atoms with Gasteiger partial charge in [-0.2, -0.15) is 0 Å². The molecule has 3 aromatic rings. The molecule has 3 nitrogen and oxygen atoms in total. The van der Waals surface area contributed by atoms with E-state index in [1.54, 1.807) is 0 Å². The number of para-hydroxylation sites is 1. The van der Waals surface area contributed by atoms with Crippen LogP contribution in [-0.4, -0.2) is 4.98 Å². The Hall–Kier alpha value is -2.07. The summed E-state index contributed by atoms with van der Waals surface area (Å²) >= 11 is 3.46. The number of fused-ring (bicyclic) bond motifs is 1. The highest BCUT2D eigenvalue weighted by molar-refractivity contribution is 9.10. The predicted molar refractivity (Wildman–Crippen MR) is 88.3 cm³/mol. The summed E-state index contributed by atoms with van der Waals surface area (Å²) in [6, 6.07) is 15.9. The zero-order valence-electron chi connectivity index (χ0n) is 11.0. The molecule has 0 amide bonds. The summed E-state index contributed by atoms with van der Waals surface area (Å²) in [4.78, 5) is 4.61. The van der Waals surface area contributed by atoms with Crippen LogP contribution in [0.4, 0.5) is 17.1 Å². The number of pyridine rings is 1. The molecule has 0 radical (unpaired) electrons. The number of rotatable bonds is 2. The fourth-order valence-electron chi connectivity index (χ4n) is 2.13. The minimum atomic E-state index is 0.706. The first-order chi connectivity index (χ1) is 9.63. The zero-order chi connectivity index (χ0) is 14.1. The zero-order valence-corrected chi connectivity index (χ0v) is 12.6. The maximum absolute atomic E-state index is 6.01. The topological polar surface area (TPSA) is 50.9 Å². The Morgan fingerprint density at radius 1 is 1.05 bits per heavy atom. The molecule has 3 rings (SSSR count). The number of aryl methyl sites for hydroxylation is 1. The van der Waals surface area contributed by atoms with E-state index < -0.39 is 0 Å². The molecule has 0 unspecified atom stereocenters. The van der Waals surface area contributed by atoms with Gasteiger partial charge >= 0.3 is 0 Å². The van der Waals surface area contributed by atoms with Gasteiger partial charge in [0.25, 0.3) is 0 Å². The van der Waals surface area contributed by atoms with E-state index in [9.17, 15) is 0 Å². The molecule has 2 aromatic carbocycles. The maximum atomic E-state index is 6.01. The molecule has 0 aliphatic carbocycles. The fraction of sp³-hybridized carbons (Fsp3) is 0.0625. The average Bonchev–Trinajstić information content (AvgIpc) is 2.43. The van der Waals surface area contributed by atoms with Gasteiger partial charge in [-0.1, -0.05) is 34.1 Å². The van der Waals surface area contributed by atoms with Crippen molar-refractivity contribution in [2.24, 2.45) is 0 Å². The van der Waals surface area contributed by atoms with Crippen LogP contribution in [-0.2, 0) is 0 Å². The third-order valence-corrected chi connectivity index (χ3v) is 3.64. The summed E-state index contributed by atoms with van der Waals surface area (Å²) < 4.78 is 0.985. The Bertz CT molecular complexity index is 784. The summed E-state index contributed by atoms with van der Waals surface area (Å²) in [5, 5.41) is 4.47. The van der Waals surface area contributed by atoms with E-state index in [-0.39, 0.29) is 0 Å². The van der Waals surface area contributed by atoms with Gasteiger partial charge in [-0.15, -0.1) is 0 Å². The largest absolute Gasteiger partial charge is 0.397 e. The maximum Gasteiger partial charge on any atom is 0.0939 e. The molecule has 0 aliphatic heterocycles. The van der Waals surface area contributed by atoms with Gasteiger partial charge in [0.2, 0.25) is 0 Å². The van der Waals surface area contributed by atoms with Gasteiger partial charge in [-0.25, -0.2) is 0 Å². The molecule has 0 spiro atoms. The molecule has 4 heteroatoms. The summed E-state index contributed by atoms with van der Waals surface area (Å²) in [6.07, 6.45) is 0. The number of hydrogen-bond donors (Lipinski definition) is 2. The number of benzene rings is 2. The molecular weight excluding hydrogens is 314 g/mol. The van der Waals surface area contributed by atoms with E-state index in [4.69, 9.17) is 5.73 Å². The second-order valence-electron chi connectivity index (χ2n) is 4.69. The Morgan fingerprint density at radius 2 is 1.90 bits per heavy atom. The van der Waals surface area contributed by atoms with Crippen molar-refractivity contribution in [2.75, 3.05) is 11.1 Å². The Labute approximate surface area is 126 Å². The van der Waals surface area contributed by atoms with Gasteiger partial charge in [0.05, 0.1) is 22.6 Å². The molecule has 0 atom stereocenters. The fourth-order valence-corrected chi connectivity index (χ4v) is 2.49. The highest BCUT2D eigenvalue weighted by atomic mass is 79.9. The van der Waals surface area contributed by atoms with E-state index in [2.05, 4.69) is 38.4 Å². The molecule has 3 N–H and O–H groups in total. The van der Waals surface area contributed by atoms with Crippen molar-refractivity contribution in [3.63, 3.8) is 0 Å². The minimum Gasteiger partial charge on any atom is -0.397 e. The molecule has 20 heavy (non-hydrogen) atoms. The van der Waals surface area contributed by atoms with Crippen molar-refractivity contribution in [2.45, 2.75) is 6.92 Å². The average molecular weight is 328 g/mol. The first kappa shape index (κ1) is 12.9. The van der Waals surface area contributed by atoms with Crippen molar-refractivity contribution < 1.29 is 0 Å². The monoisotopic (exact) mass is 327 g/mol. The number of anilines is 3. The van der Waals surface area contributed by atoms with Crippen LogP contribution in [0.15, 0.2) is 53.0 Å². The third kappa shape index (κ3) is 2.47. The number of nitrogens with one attached hydrogen (secondary N) is 1.